The fraction of sp³-hybridized carbons (Fsp3) is 0.923. The maximum atomic E-state index is 12.7. The Morgan fingerprint density at radius 3 is 2.22 bits per heavy atom. The van der Waals surface area contributed by atoms with Gasteiger partial charge in [0.15, 0.2) is 6.29 Å². The fourth-order valence-corrected chi connectivity index (χ4v) is 6.25. The summed E-state index contributed by atoms with van der Waals surface area (Å²) in [5.74, 6) is 1.16. The molecule has 214 valence electrons. The van der Waals surface area contributed by atoms with Gasteiger partial charge in [-0.1, -0.05) is 34.1 Å². The molecular weight excluding hydrogens is 479 g/mol. The summed E-state index contributed by atoms with van der Waals surface area (Å²) in [6, 6.07) is 0. The molecule has 0 aromatic carbocycles. The highest BCUT2D eigenvalue weighted by atomic mass is 17.2. The van der Waals surface area contributed by atoms with E-state index in [1.165, 1.54) is 27.1 Å². The minimum Gasteiger partial charge on any atom is -0.426 e. The van der Waals surface area contributed by atoms with E-state index >= 15 is 0 Å². The van der Waals surface area contributed by atoms with Crippen molar-refractivity contribution in [2.75, 3.05) is 20.8 Å². The zero-order valence-electron chi connectivity index (χ0n) is 23.6. The number of amides is 2. The number of carbonyl (C=O) groups excluding carboxylic acids is 2. The van der Waals surface area contributed by atoms with Crippen LogP contribution in [0.5, 0.6) is 0 Å². The molecule has 8 unspecified atom stereocenters. The van der Waals surface area contributed by atoms with E-state index in [1.807, 2.05) is 13.8 Å². The second kappa shape index (κ2) is 15.4. The van der Waals surface area contributed by atoms with Crippen LogP contribution in [0.2, 0.25) is 0 Å². The number of ether oxygens (including phenoxy) is 2. The normalized spacial score (nSPS) is 33.8. The van der Waals surface area contributed by atoms with Gasteiger partial charge < -0.3 is 30.2 Å². The molecule has 1 aliphatic carbocycles. The fourth-order valence-electron chi connectivity index (χ4n) is 6.25. The van der Waals surface area contributed by atoms with Crippen LogP contribution in [0.3, 0.4) is 0 Å². The molecule has 3 fully saturated rings. The predicted molar refractivity (Wildman–Crippen MR) is 140 cm³/mol. The van der Waals surface area contributed by atoms with Gasteiger partial charge in [0.05, 0.1) is 45.3 Å². The van der Waals surface area contributed by atoms with Gasteiger partial charge in [-0.05, 0) is 62.2 Å². The van der Waals surface area contributed by atoms with Gasteiger partial charge in [0.1, 0.15) is 0 Å². The number of carbonyl (C=O) groups is 2. The van der Waals surface area contributed by atoms with Gasteiger partial charge in [-0.2, -0.15) is 0 Å². The Bertz CT molecular complexity index is 710. The highest BCUT2D eigenvalue weighted by Gasteiger charge is 2.52. The topological polar surface area (TPSA) is 136 Å². The van der Waals surface area contributed by atoms with Gasteiger partial charge in [-0.25, -0.2) is 9.78 Å². The predicted octanol–water partition coefficient (Wildman–Crippen LogP) is 2.07. The minimum atomic E-state index is -1.64. The van der Waals surface area contributed by atoms with Crippen molar-refractivity contribution in [1.29, 1.82) is 0 Å². The molecule has 2 aliphatic heterocycles. The number of hydrogen-bond acceptors (Lipinski definition) is 8. The number of hydrogen-bond donors (Lipinski definition) is 4. The molecule has 4 N–H and O–H groups in total. The molecule has 0 aromatic heterocycles. The van der Waals surface area contributed by atoms with Gasteiger partial charge in [0.2, 0.25) is 11.8 Å². The zero-order chi connectivity index (χ0) is 27.7. The third-order valence-corrected chi connectivity index (χ3v) is 8.26. The maximum absolute atomic E-state index is 12.7. The first-order valence-electron chi connectivity index (χ1n) is 13.8. The first-order chi connectivity index (χ1) is 17.5. The van der Waals surface area contributed by atoms with Crippen LogP contribution in [-0.4, -0.2) is 74.2 Å². The van der Waals surface area contributed by atoms with Crippen LogP contribution >= 0.6 is 0 Å². The molecule has 0 aromatic rings. The lowest BCUT2D eigenvalue weighted by molar-refractivity contribution is -0.276. The Balaban J connectivity index is 0.00000112. The Morgan fingerprint density at radius 2 is 1.62 bits per heavy atom. The molecule has 0 bridgehead atoms. The van der Waals surface area contributed by atoms with E-state index in [0.717, 1.165) is 12.8 Å². The van der Waals surface area contributed by atoms with E-state index in [0.29, 0.717) is 30.1 Å². The van der Waals surface area contributed by atoms with E-state index in [9.17, 15) is 19.6 Å². The van der Waals surface area contributed by atoms with Crippen molar-refractivity contribution >= 4 is 18.9 Å². The smallest absolute Gasteiger partial charge is 0.426 e. The van der Waals surface area contributed by atoms with Crippen LogP contribution in [0.1, 0.15) is 73.1 Å². The molecule has 0 radical (unpaired) electrons. The molecule has 1 saturated carbocycles. The van der Waals surface area contributed by atoms with Crippen molar-refractivity contribution in [1.82, 2.24) is 10.6 Å². The zero-order valence-corrected chi connectivity index (χ0v) is 23.6. The summed E-state index contributed by atoms with van der Waals surface area (Å²) in [4.78, 5) is 33.0. The first-order valence-corrected chi connectivity index (χ1v) is 13.8. The SMILES string of the molecule is CC(C)CC(NC(=O)CNC(=O)CC1OC2OC(C)CCC3C2C(CC[C@H]3C)C1C)B(O)O.COOC. The van der Waals surface area contributed by atoms with Gasteiger partial charge in [0.25, 0.3) is 0 Å². The summed E-state index contributed by atoms with van der Waals surface area (Å²) < 4.78 is 12.7. The molecule has 37 heavy (non-hydrogen) atoms. The second-order valence-electron chi connectivity index (χ2n) is 11.4. The summed E-state index contributed by atoms with van der Waals surface area (Å²) in [5, 5.41) is 24.2. The molecule has 10 nitrogen and oxygen atoms in total. The molecular formula is C26H49BN2O8. The Morgan fingerprint density at radius 1 is 0.973 bits per heavy atom. The lowest BCUT2D eigenvalue weighted by atomic mass is 9.60. The molecule has 2 amide bonds. The number of rotatable bonds is 9. The van der Waals surface area contributed by atoms with Crippen LogP contribution in [0.25, 0.3) is 0 Å². The second-order valence-corrected chi connectivity index (χ2v) is 11.4. The van der Waals surface area contributed by atoms with Crippen LogP contribution < -0.4 is 10.6 Å². The van der Waals surface area contributed by atoms with E-state index in [4.69, 9.17) is 9.47 Å². The van der Waals surface area contributed by atoms with Crippen LogP contribution in [0, 0.1) is 35.5 Å². The lowest BCUT2D eigenvalue weighted by Crippen LogP contribution is -2.54. The summed E-state index contributed by atoms with van der Waals surface area (Å²) in [6.07, 6.45) is 4.85. The Hall–Kier alpha value is -1.24. The van der Waals surface area contributed by atoms with E-state index < -0.39 is 19.0 Å². The third-order valence-electron chi connectivity index (χ3n) is 8.26. The van der Waals surface area contributed by atoms with Crippen LogP contribution in [0.4, 0.5) is 0 Å². The summed E-state index contributed by atoms with van der Waals surface area (Å²) in [7, 11) is 1.28. The average molecular weight is 528 g/mol. The van der Waals surface area contributed by atoms with E-state index in [2.05, 4.69) is 41.2 Å². The standard InChI is InChI=1S/C24H43BN2O6.C2H6O2/c1-13(2)10-20(25(30)31)27-22(29)12-26-21(28)11-19-16(5)18-8-6-14(3)17-9-7-15(4)32-24(33-19)23(17)18;1-3-4-2/h13-20,23-24,30-31H,6-12H2,1-5H3,(H,26,28)(H,27,29);1-2H3/t14-,15?,16?,17?,18?,19?,20?,23?,24?;/m1./s1. The van der Waals surface area contributed by atoms with Crippen molar-refractivity contribution in [2.45, 2.75) is 97.6 Å². The highest BCUT2D eigenvalue weighted by molar-refractivity contribution is 6.43. The maximum Gasteiger partial charge on any atom is 0.475 e. The van der Waals surface area contributed by atoms with Crippen LogP contribution in [0.15, 0.2) is 0 Å². The van der Waals surface area contributed by atoms with Crippen molar-refractivity contribution in [3.63, 3.8) is 0 Å². The lowest BCUT2D eigenvalue weighted by Gasteiger charge is -2.52. The van der Waals surface area contributed by atoms with E-state index in [1.54, 1.807) is 0 Å². The highest BCUT2D eigenvalue weighted by Crippen LogP contribution is 2.52. The summed E-state index contributed by atoms with van der Waals surface area (Å²) >= 11 is 0. The summed E-state index contributed by atoms with van der Waals surface area (Å²) in [5.41, 5.74) is 0. The average Bonchev–Trinajstić information content (AvgIpc) is 3.00. The van der Waals surface area contributed by atoms with Gasteiger partial charge in [-0.3, -0.25) is 9.59 Å². The molecule has 2 saturated heterocycles. The Labute approximate surface area is 222 Å². The van der Waals surface area contributed by atoms with Gasteiger partial charge in [0, 0.05) is 5.92 Å². The van der Waals surface area contributed by atoms with E-state index in [-0.39, 0.29) is 49.2 Å². The molecule has 11 heteroatoms. The van der Waals surface area contributed by atoms with Crippen LogP contribution in [-0.2, 0) is 28.8 Å². The Kier molecular flexibility index (Phi) is 13.3. The third kappa shape index (κ3) is 9.47. The first kappa shape index (κ1) is 32.0. The van der Waals surface area contributed by atoms with Gasteiger partial charge in [-0.15, -0.1) is 0 Å². The monoisotopic (exact) mass is 528 g/mol. The summed E-state index contributed by atoms with van der Waals surface area (Å²) in [6.45, 7) is 10.3. The molecule has 9 atom stereocenters. The molecule has 0 spiro atoms. The number of nitrogens with one attached hydrogen (secondary N) is 2. The van der Waals surface area contributed by atoms with Crippen molar-refractivity contribution in [2.24, 2.45) is 35.5 Å². The molecule has 2 heterocycles. The molecule has 3 aliphatic rings. The molecule has 3 rings (SSSR count). The largest absolute Gasteiger partial charge is 0.475 e. The van der Waals surface area contributed by atoms with Gasteiger partial charge >= 0.3 is 7.12 Å². The quantitative estimate of drug-likeness (QED) is 0.203. The van der Waals surface area contributed by atoms with Crippen molar-refractivity contribution in [3.8, 4) is 0 Å². The van der Waals surface area contributed by atoms with Crippen molar-refractivity contribution < 1.29 is 38.9 Å². The minimum absolute atomic E-state index is 0.153. The van der Waals surface area contributed by atoms with Crippen molar-refractivity contribution in [3.05, 3.63) is 0 Å².